The molecule has 3 N–H and O–H groups in total. The van der Waals surface area contributed by atoms with Crippen LogP contribution >= 0.6 is 11.6 Å². The van der Waals surface area contributed by atoms with Gasteiger partial charge in [-0.05, 0) is 43.5 Å². The van der Waals surface area contributed by atoms with Crippen molar-refractivity contribution in [2.45, 2.75) is 32.3 Å². The van der Waals surface area contributed by atoms with E-state index in [9.17, 15) is 9.90 Å². The lowest BCUT2D eigenvalue weighted by Crippen LogP contribution is -2.33. The molecule has 3 rings (SSSR count). The fourth-order valence-electron chi connectivity index (χ4n) is 3.21. The predicted octanol–water partition coefficient (Wildman–Crippen LogP) is 3.23. The minimum absolute atomic E-state index is 0.181. The standard InChI is InChI=1S/C22H24ClN7O2/c1-14(31)5-7-30(22(25)32)27-11-16-9-20(21-12-26-13-29(21)2)28-19-10-18(23)15(4-3-6-24)8-17(16)19/h8-14,31H,3-5,7H2,1-2H3,(H2,25,32)/b27-11+. The Morgan fingerprint density at radius 1 is 1.47 bits per heavy atom. The largest absolute Gasteiger partial charge is 0.393 e. The van der Waals surface area contributed by atoms with Crippen molar-refractivity contribution in [1.29, 1.82) is 5.26 Å². The van der Waals surface area contributed by atoms with Crippen molar-refractivity contribution in [3.05, 3.63) is 46.9 Å². The number of hydrogen-bond acceptors (Lipinski definition) is 6. The van der Waals surface area contributed by atoms with Crippen LogP contribution in [0.5, 0.6) is 0 Å². The van der Waals surface area contributed by atoms with Crippen LogP contribution in [0.4, 0.5) is 4.79 Å². The van der Waals surface area contributed by atoms with E-state index in [4.69, 9.17) is 27.6 Å². The van der Waals surface area contributed by atoms with Gasteiger partial charge in [-0.25, -0.2) is 19.8 Å². The number of aryl methyl sites for hydroxylation is 2. The molecule has 3 aromatic rings. The molecular weight excluding hydrogens is 430 g/mol. The number of rotatable bonds is 8. The van der Waals surface area contributed by atoms with Crippen molar-refractivity contribution in [2.75, 3.05) is 6.54 Å². The van der Waals surface area contributed by atoms with Gasteiger partial charge in [0, 0.05) is 36.0 Å². The van der Waals surface area contributed by atoms with E-state index in [0.717, 1.165) is 21.7 Å². The zero-order valence-corrected chi connectivity index (χ0v) is 18.6. The number of aliphatic hydroxyl groups excluding tert-OH is 1. The van der Waals surface area contributed by atoms with Crippen molar-refractivity contribution in [3.63, 3.8) is 0 Å². The number of nitrogens with two attached hydrogens (primary N) is 1. The number of urea groups is 1. The Kier molecular flexibility index (Phi) is 7.41. The lowest BCUT2D eigenvalue weighted by molar-refractivity contribution is 0.161. The first-order valence-electron chi connectivity index (χ1n) is 10.1. The number of fused-ring (bicyclic) bond motifs is 1. The smallest absolute Gasteiger partial charge is 0.335 e. The second kappa shape index (κ2) is 10.2. The van der Waals surface area contributed by atoms with E-state index < -0.39 is 12.1 Å². The summed E-state index contributed by atoms with van der Waals surface area (Å²) in [6, 6.07) is 6.91. The first kappa shape index (κ1) is 23.2. The van der Waals surface area contributed by atoms with E-state index in [-0.39, 0.29) is 6.54 Å². The Morgan fingerprint density at radius 2 is 2.25 bits per heavy atom. The molecule has 2 aromatic heterocycles. The number of primary amides is 1. The number of pyridine rings is 1. The molecule has 0 radical (unpaired) electrons. The summed E-state index contributed by atoms with van der Waals surface area (Å²) in [4.78, 5) is 20.7. The Balaban J connectivity index is 2.12. The number of carbonyl (C=O) groups excluding carboxylic acids is 1. The fourth-order valence-corrected chi connectivity index (χ4v) is 3.46. The van der Waals surface area contributed by atoms with E-state index in [2.05, 4.69) is 16.2 Å². The van der Waals surface area contributed by atoms with Gasteiger partial charge >= 0.3 is 6.03 Å². The molecule has 0 aliphatic heterocycles. The molecule has 0 fully saturated rings. The first-order valence-corrected chi connectivity index (χ1v) is 10.4. The molecule has 0 saturated heterocycles. The number of amides is 2. The van der Waals surface area contributed by atoms with E-state index in [1.165, 1.54) is 0 Å². The highest BCUT2D eigenvalue weighted by molar-refractivity contribution is 6.32. The zero-order chi connectivity index (χ0) is 23.3. The highest BCUT2D eigenvalue weighted by atomic mass is 35.5. The number of nitrogens with zero attached hydrogens (tertiary/aromatic N) is 6. The van der Waals surface area contributed by atoms with Crippen LogP contribution in [0.15, 0.2) is 35.8 Å². The highest BCUT2D eigenvalue weighted by Gasteiger charge is 2.14. The molecule has 1 unspecified atom stereocenters. The number of benzene rings is 1. The van der Waals surface area contributed by atoms with Gasteiger partial charge < -0.3 is 15.4 Å². The monoisotopic (exact) mass is 453 g/mol. The van der Waals surface area contributed by atoms with Gasteiger partial charge in [0.05, 0.1) is 47.8 Å². The molecule has 0 spiro atoms. The number of imidazole rings is 1. The third-order valence-corrected chi connectivity index (χ3v) is 5.30. The molecule has 1 aromatic carbocycles. The molecule has 10 heteroatoms. The maximum absolute atomic E-state index is 11.8. The van der Waals surface area contributed by atoms with Crippen LogP contribution < -0.4 is 5.73 Å². The zero-order valence-electron chi connectivity index (χ0n) is 17.9. The number of nitriles is 1. The maximum atomic E-state index is 11.8. The summed E-state index contributed by atoms with van der Waals surface area (Å²) in [6.45, 7) is 1.81. The van der Waals surface area contributed by atoms with Crippen LogP contribution in [0, 0.1) is 11.3 Å². The van der Waals surface area contributed by atoms with Gasteiger partial charge in [0.1, 0.15) is 0 Å². The summed E-state index contributed by atoms with van der Waals surface area (Å²) in [5.74, 6) is 0. The molecule has 1 atom stereocenters. The third-order valence-electron chi connectivity index (χ3n) is 4.94. The van der Waals surface area contributed by atoms with Crippen LogP contribution in [0.1, 0.15) is 30.9 Å². The molecular formula is C22H24ClN7O2. The number of halogens is 1. The van der Waals surface area contributed by atoms with Crippen LogP contribution in [0.25, 0.3) is 22.3 Å². The van der Waals surface area contributed by atoms with Gasteiger partial charge in [-0.2, -0.15) is 10.4 Å². The normalized spacial score (nSPS) is 12.2. The third kappa shape index (κ3) is 5.41. The Labute approximate surface area is 190 Å². The minimum atomic E-state index is -0.718. The van der Waals surface area contributed by atoms with E-state index >= 15 is 0 Å². The van der Waals surface area contributed by atoms with Crippen molar-refractivity contribution in [1.82, 2.24) is 19.5 Å². The van der Waals surface area contributed by atoms with Crippen LogP contribution in [0.3, 0.4) is 0 Å². The number of aliphatic hydroxyl groups is 1. The van der Waals surface area contributed by atoms with Crippen molar-refractivity contribution in [3.8, 4) is 17.5 Å². The summed E-state index contributed by atoms with van der Waals surface area (Å²) >= 11 is 6.45. The molecule has 0 saturated carbocycles. The Bertz CT molecular complexity index is 1200. The number of hydrogen-bond donors (Lipinski definition) is 2. The predicted molar refractivity (Wildman–Crippen MR) is 123 cm³/mol. The number of hydrazone groups is 1. The van der Waals surface area contributed by atoms with Gasteiger partial charge in [-0.1, -0.05) is 11.6 Å². The summed E-state index contributed by atoms with van der Waals surface area (Å²) in [5, 5.41) is 25.1. The summed E-state index contributed by atoms with van der Waals surface area (Å²) < 4.78 is 1.84. The maximum Gasteiger partial charge on any atom is 0.335 e. The number of aromatic nitrogens is 3. The quantitative estimate of drug-likeness (QED) is 0.399. The van der Waals surface area contributed by atoms with E-state index in [1.54, 1.807) is 31.7 Å². The summed E-state index contributed by atoms with van der Waals surface area (Å²) in [7, 11) is 1.87. The topological polar surface area (TPSA) is 133 Å². The molecule has 0 aliphatic rings. The lowest BCUT2D eigenvalue weighted by atomic mass is 10.0. The van der Waals surface area contributed by atoms with E-state index in [0.29, 0.717) is 41.1 Å². The molecule has 0 aliphatic carbocycles. The van der Waals surface area contributed by atoms with Gasteiger partial charge in [-0.15, -0.1) is 0 Å². The van der Waals surface area contributed by atoms with Crippen LogP contribution in [-0.2, 0) is 13.5 Å². The Hall–Kier alpha value is -3.48. The molecule has 0 bridgehead atoms. The average Bonchev–Trinajstić information content (AvgIpc) is 3.17. The molecule has 166 valence electrons. The second-order valence-corrected chi connectivity index (χ2v) is 7.86. The van der Waals surface area contributed by atoms with Gasteiger partial charge in [0.15, 0.2) is 0 Å². The molecule has 32 heavy (non-hydrogen) atoms. The van der Waals surface area contributed by atoms with E-state index in [1.807, 2.05) is 23.7 Å². The minimum Gasteiger partial charge on any atom is -0.393 e. The molecule has 9 nitrogen and oxygen atoms in total. The summed E-state index contributed by atoms with van der Waals surface area (Å²) in [5.41, 5.74) is 9.07. The fraction of sp³-hybridized carbons (Fsp3) is 0.318. The van der Waals surface area contributed by atoms with Gasteiger partial charge in [0.25, 0.3) is 0 Å². The van der Waals surface area contributed by atoms with Crippen molar-refractivity contribution < 1.29 is 9.90 Å². The number of carbonyl (C=O) groups is 1. The van der Waals surface area contributed by atoms with Gasteiger partial charge in [0.2, 0.25) is 0 Å². The summed E-state index contributed by atoms with van der Waals surface area (Å²) in [6.07, 6.45) is 5.52. The second-order valence-electron chi connectivity index (χ2n) is 7.45. The van der Waals surface area contributed by atoms with Crippen LogP contribution in [-0.4, -0.2) is 49.5 Å². The molecule has 2 amide bonds. The van der Waals surface area contributed by atoms with Crippen molar-refractivity contribution >= 4 is 34.7 Å². The highest BCUT2D eigenvalue weighted by Crippen LogP contribution is 2.29. The van der Waals surface area contributed by atoms with Crippen molar-refractivity contribution in [2.24, 2.45) is 17.9 Å². The van der Waals surface area contributed by atoms with Gasteiger partial charge in [-0.3, -0.25) is 0 Å². The SMILES string of the molecule is CC(O)CCN(/N=C/c1cc(-c2cncn2C)nc2cc(Cl)c(CCC#N)cc12)C(N)=O. The first-order chi connectivity index (χ1) is 15.3. The Morgan fingerprint density at radius 3 is 2.88 bits per heavy atom. The average molecular weight is 454 g/mol. The molecule has 2 heterocycles. The van der Waals surface area contributed by atoms with Crippen LogP contribution in [0.2, 0.25) is 5.02 Å². The lowest BCUT2D eigenvalue weighted by Gasteiger charge is -2.15.